The lowest BCUT2D eigenvalue weighted by molar-refractivity contribution is -0.138. The summed E-state index contributed by atoms with van der Waals surface area (Å²) in [6.45, 7) is 3.20. The number of amides is 4. The van der Waals surface area contributed by atoms with Crippen molar-refractivity contribution in [2.75, 3.05) is 13.1 Å². The van der Waals surface area contributed by atoms with Crippen LogP contribution in [0.5, 0.6) is 5.75 Å². The van der Waals surface area contributed by atoms with Crippen molar-refractivity contribution in [3.8, 4) is 5.75 Å². The molecule has 0 spiro atoms. The van der Waals surface area contributed by atoms with Crippen molar-refractivity contribution in [3.05, 3.63) is 156 Å². The Hall–Kier alpha value is -5.90. The van der Waals surface area contributed by atoms with Gasteiger partial charge in [-0.15, -0.1) is 0 Å². The van der Waals surface area contributed by atoms with Crippen LogP contribution in [0.4, 0.5) is 4.79 Å². The molecule has 5 rings (SSSR count). The summed E-state index contributed by atoms with van der Waals surface area (Å²) in [6.07, 6.45) is 4.15. The van der Waals surface area contributed by atoms with E-state index >= 15 is 0 Å². The van der Waals surface area contributed by atoms with Crippen LogP contribution in [0, 0.1) is 0 Å². The molecule has 4 aromatic carbocycles. The average Bonchev–Trinajstić information content (AvgIpc) is 3.68. The van der Waals surface area contributed by atoms with Crippen molar-refractivity contribution in [1.29, 1.82) is 0 Å². The van der Waals surface area contributed by atoms with Gasteiger partial charge in [0.25, 0.3) is 0 Å². The Bertz CT molecular complexity index is 1750. The second-order valence-corrected chi connectivity index (χ2v) is 12.1. The molecule has 0 saturated heterocycles. The van der Waals surface area contributed by atoms with Crippen LogP contribution in [-0.2, 0) is 35.7 Å². The van der Waals surface area contributed by atoms with E-state index in [0.29, 0.717) is 31.1 Å². The predicted molar refractivity (Wildman–Crippen MR) is 193 cm³/mol. The first kappa shape index (κ1) is 35.4. The number of nitrogens with one attached hydrogen (secondary N) is 4. The summed E-state index contributed by atoms with van der Waals surface area (Å²) in [4.78, 5) is 49.4. The molecule has 1 aromatic heterocycles. The van der Waals surface area contributed by atoms with Gasteiger partial charge in [0.1, 0.15) is 18.4 Å². The zero-order valence-electron chi connectivity index (χ0n) is 28.3. The number of urea groups is 1. The summed E-state index contributed by atoms with van der Waals surface area (Å²) >= 11 is 0. The molecule has 0 aliphatic carbocycles. The quantitative estimate of drug-likeness (QED) is 0.100. The van der Waals surface area contributed by atoms with Crippen molar-refractivity contribution in [3.63, 3.8) is 0 Å². The first-order valence-electron chi connectivity index (χ1n) is 16.9. The number of hydrogen-bond donors (Lipinski definition) is 4. The van der Waals surface area contributed by atoms with E-state index in [1.165, 1.54) is 11.2 Å². The highest BCUT2D eigenvalue weighted by Gasteiger charge is 2.29. The molecule has 0 fully saturated rings. The summed E-state index contributed by atoms with van der Waals surface area (Å²) in [5.74, 6) is 0.137. The van der Waals surface area contributed by atoms with Gasteiger partial charge in [-0.2, -0.15) is 0 Å². The van der Waals surface area contributed by atoms with E-state index in [-0.39, 0.29) is 31.3 Å². The van der Waals surface area contributed by atoms with E-state index in [0.717, 1.165) is 28.7 Å². The minimum Gasteiger partial charge on any atom is -0.489 e. The summed E-state index contributed by atoms with van der Waals surface area (Å²) in [7, 11) is 0. The molecular formula is C40H44N6O4. The molecule has 0 radical (unpaired) electrons. The summed E-state index contributed by atoms with van der Waals surface area (Å²) in [5, 5.41) is 8.72. The van der Waals surface area contributed by atoms with Crippen LogP contribution in [0.1, 0.15) is 47.2 Å². The standard InChI is InChI=1S/C40H44N6O4/c1-2-33(34-16-10-5-11-17-34)24-42-38(47)27-46(26-31-18-20-36(21-19-31)50-28-32-14-8-4-9-15-32)39(48)37(22-35-25-41-29-44-35)45-40(49)43-23-30-12-6-3-7-13-30/h3-21,25,29,33,37H,2,22-24,26-28H2,1H3,(H,41,44)(H,42,47)(H2,43,45,49). The zero-order chi connectivity index (χ0) is 35.0. The molecule has 10 nitrogen and oxygen atoms in total. The Labute approximate surface area is 293 Å². The van der Waals surface area contributed by atoms with Gasteiger partial charge in [-0.25, -0.2) is 9.78 Å². The number of hydrogen-bond acceptors (Lipinski definition) is 5. The van der Waals surface area contributed by atoms with Gasteiger partial charge in [-0.1, -0.05) is 110 Å². The van der Waals surface area contributed by atoms with E-state index in [1.54, 1.807) is 6.20 Å². The monoisotopic (exact) mass is 672 g/mol. The number of rotatable bonds is 17. The van der Waals surface area contributed by atoms with E-state index in [4.69, 9.17) is 4.74 Å². The third kappa shape index (κ3) is 11.1. The van der Waals surface area contributed by atoms with Crippen LogP contribution >= 0.6 is 0 Å². The molecule has 4 amide bonds. The fourth-order valence-electron chi connectivity index (χ4n) is 5.58. The van der Waals surface area contributed by atoms with E-state index in [9.17, 15) is 14.4 Å². The van der Waals surface area contributed by atoms with Crippen LogP contribution < -0.4 is 20.7 Å². The Morgan fingerprint density at radius 3 is 2.10 bits per heavy atom. The van der Waals surface area contributed by atoms with Crippen molar-refractivity contribution < 1.29 is 19.1 Å². The molecule has 258 valence electrons. The first-order chi connectivity index (χ1) is 24.5. The van der Waals surface area contributed by atoms with Gasteiger partial charge in [0.15, 0.2) is 0 Å². The Balaban J connectivity index is 1.30. The smallest absolute Gasteiger partial charge is 0.315 e. The Kier molecular flexibility index (Phi) is 13.2. The zero-order valence-corrected chi connectivity index (χ0v) is 28.3. The van der Waals surface area contributed by atoms with E-state index in [1.807, 2.05) is 103 Å². The molecule has 0 saturated carbocycles. The lowest BCUT2D eigenvalue weighted by Crippen LogP contribution is -2.53. The molecule has 0 aliphatic rings. The van der Waals surface area contributed by atoms with Crippen molar-refractivity contribution in [1.82, 2.24) is 30.8 Å². The SMILES string of the molecule is CCC(CNC(=O)CN(Cc1ccc(OCc2ccccc2)cc1)C(=O)C(Cc1cnc[nH]1)NC(=O)NCc1ccccc1)c1ccccc1. The van der Waals surface area contributed by atoms with Gasteiger partial charge in [-0.05, 0) is 40.8 Å². The minimum atomic E-state index is -0.972. The fourth-order valence-corrected chi connectivity index (χ4v) is 5.58. The number of carbonyl (C=O) groups is 3. The Morgan fingerprint density at radius 1 is 0.800 bits per heavy atom. The highest BCUT2D eigenvalue weighted by atomic mass is 16.5. The van der Waals surface area contributed by atoms with Crippen LogP contribution in [0.25, 0.3) is 0 Å². The van der Waals surface area contributed by atoms with Crippen molar-refractivity contribution in [2.45, 2.75) is 51.4 Å². The molecule has 5 aromatic rings. The minimum absolute atomic E-state index is 0.135. The van der Waals surface area contributed by atoms with Crippen LogP contribution in [0.15, 0.2) is 128 Å². The Morgan fingerprint density at radius 2 is 1.46 bits per heavy atom. The maximum atomic E-state index is 14.3. The molecule has 0 bridgehead atoms. The van der Waals surface area contributed by atoms with Crippen LogP contribution in [0.3, 0.4) is 0 Å². The number of aromatic nitrogens is 2. The number of imidazole rings is 1. The molecule has 4 N–H and O–H groups in total. The molecular weight excluding hydrogens is 628 g/mol. The normalized spacial score (nSPS) is 11.9. The van der Waals surface area contributed by atoms with Gasteiger partial charge < -0.3 is 30.6 Å². The average molecular weight is 673 g/mol. The molecule has 1 heterocycles. The molecule has 0 aliphatic heterocycles. The maximum absolute atomic E-state index is 14.3. The first-order valence-corrected chi connectivity index (χ1v) is 16.9. The summed E-state index contributed by atoms with van der Waals surface area (Å²) < 4.78 is 5.95. The molecule has 2 atom stereocenters. The summed E-state index contributed by atoms with van der Waals surface area (Å²) in [6, 6.07) is 35.5. The summed E-state index contributed by atoms with van der Waals surface area (Å²) in [5.41, 5.74) is 4.60. The third-order valence-electron chi connectivity index (χ3n) is 8.38. The maximum Gasteiger partial charge on any atom is 0.315 e. The second-order valence-electron chi connectivity index (χ2n) is 12.1. The van der Waals surface area contributed by atoms with Crippen molar-refractivity contribution in [2.24, 2.45) is 0 Å². The third-order valence-corrected chi connectivity index (χ3v) is 8.38. The number of ether oxygens (including phenoxy) is 1. The number of carbonyl (C=O) groups excluding carboxylic acids is 3. The van der Waals surface area contributed by atoms with Gasteiger partial charge in [0.05, 0.1) is 12.9 Å². The highest BCUT2D eigenvalue weighted by molar-refractivity contribution is 5.90. The number of benzene rings is 4. The molecule has 10 heteroatoms. The predicted octanol–water partition coefficient (Wildman–Crippen LogP) is 5.74. The van der Waals surface area contributed by atoms with Crippen LogP contribution in [-0.4, -0.2) is 51.8 Å². The number of nitrogens with zero attached hydrogens (tertiary/aromatic N) is 2. The highest BCUT2D eigenvalue weighted by Crippen LogP contribution is 2.19. The topological polar surface area (TPSA) is 128 Å². The fraction of sp³-hybridized carbons (Fsp3) is 0.250. The molecule has 50 heavy (non-hydrogen) atoms. The lowest BCUT2D eigenvalue weighted by Gasteiger charge is -2.28. The second kappa shape index (κ2) is 18.6. The van der Waals surface area contributed by atoms with Crippen molar-refractivity contribution >= 4 is 17.8 Å². The lowest BCUT2D eigenvalue weighted by atomic mass is 9.96. The van der Waals surface area contributed by atoms with Gasteiger partial charge >= 0.3 is 6.03 Å². The van der Waals surface area contributed by atoms with Gasteiger partial charge in [0, 0.05) is 43.9 Å². The largest absolute Gasteiger partial charge is 0.489 e. The number of H-pyrrole nitrogens is 1. The number of aromatic amines is 1. The van der Waals surface area contributed by atoms with Gasteiger partial charge in [0.2, 0.25) is 11.8 Å². The molecule has 2 unspecified atom stereocenters. The van der Waals surface area contributed by atoms with E-state index in [2.05, 4.69) is 45.0 Å². The van der Waals surface area contributed by atoms with Crippen LogP contribution in [0.2, 0.25) is 0 Å². The van der Waals surface area contributed by atoms with E-state index < -0.39 is 18.0 Å². The van der Waals surface area contributed by atoms with Gasteiger partial charge in [-0.3, -0.25) is 9.59 Å².